The topological polar surface area (TPSA) is 61.9 Å². The number of urea groups is 1. The molecule has 1 aliphatic carbocycles. The van der Waals surface area contributed by atoms with E-state index in [1.165, 1.54) is 4.90 Å². The lowest BCUT2D eigenvalue weighted by atomic mass is 9.73. The number of carbonyl (C=O) groups is 2. The molecule has 1 saturated carbocycles. The summed E-state index contributed by atoms with van der Waals surface area (Å²) in [6, 6.07) is 12.0. The van der Waals surface area contributed by atoms with Gasteiger partial charge in [0.15, 0.2) is 0 Å². The van der Waals surface area contributed by atoms with Crippen LogP contribution in [0.15, 0.2) is 36.4 Å². The van der Waals surface area contributed by atoms with Crippen LogP contribution in [0.1, 0.15) is 38.2 Å². The first-order chi connectivity index (χ1) is 13.9. The van der Waals surface area contributed by atoms with Gasteiger partial charge in [-0.25, -0.2) is 9.69 Å². The molecule has 6 heteroatoms. The first-order valence-corrected chi connectivity index (χ1v) is 10.3. The largest absolute Gasteiger partial charge is 0.497 e. The van der Waals surface area contributed by atoms with Crippen LogP contribution in [-0.2, 0) is 11.3 Å². The lowest BCUT2D eigenvalue weighted by molar-refractivity contribution is -0.135. The molecule has 2 aliphatic rings. The van der Waals surface area contributed by atoms with Gasteiger partial charge in [-0.2, -0.15) is 0 Å². The molecule has 1 saturated heterocycles. The molecular formula is C23H29N3O3. The van der Waals surface area contributed by atoms with Gasteiger partial charge >= 0.3 is 6.03 Å². The van der Waals surface area contributed by atoms with Crippen molar-refractivity contribution < 1.29 is 14.3 Å². The van der Waals surface area contributed by atoms with Crippen LogP contribution in [0.4, 0.5) is 4.79 Å². The lowest BCUT2D eigenvalue weighted by Gasteiger charge is -2.37. The molecule has 2 aromatic carbocycles. The minimum Gasteiger partial charge on any atom is -0.497 e. The van der Waals surface area contributed by atoms with E-state index in [0.717, 1.165) is 47.8 Å². The van der Waals surface area contributed by atoms with Crippen LogP contribution in [0.3, 0.4) is 0 Å². The molecule has 0 radical (unpaired) electrons. The highest BCUT2D eigenvalue weighted by Gasteiger charge is 2.54. The van der Waals surface area contributed by atoms with E-state index >= 15 is 0 Å². The van der Waals surface area contributed by atoms with Crippen molar-refractivity contribution in [2.45, 2.75) is 44.7 Å². The maximum absolute atomic E-state index is 13.1. The van der Waals surface area contributed by atoms with Gasteiger partial charge in [0.2, 0.25) is 0 Å². The van der Waals surface area contributed by atoms with Crippen LogP contribution < -0.4 is 10.1 Å². The van der Waals surface area contributed by atoms with Gasteiger partial charge in [-0.1, -0.05) is 38.0 Å². The molecular weight excluding hydrogens is 366 g/mol. The van der Waals surface area contributed by atoms with E-state index in [1.54, 1.807) is 7.11 Å². The maximum Gasteiger partial charge on any atom is 0.326 e. The molecule has 1 aliphatic heterocycles. The van der Waals surface area contributed by atoms with Crippen molar-refractivity contribution in [1.29, 1.82) is 0 Å². The summed E-state index contributed by atoms with van der Waals surface area (Å²) >= 11 is 0. The smallest absolute Gasteiger partial charge is 0.326 e. The third-order valence-electron chi connectivity index (χ3n) is 6.45. The summed E-state index contributed by atoms with van der Waals surface area (Å²) in [4.78, 5) is 29.1. The second kappa shape index (κ2) is 7.67. The minimum absolute atomic E-state index is 0.0628. The number of nitrogens with one attached hydrogen (secondary N) is 1. The fraction of sp³-hybridized carbons (Fsp3) is 0.478. The Labute approximate surface area is 171 Å². The molecule has 3 amide bonds. The van der Waals surface area contributed by atoms with Crippen LogP contribution in [0.25, 0.3) is 10.8 Å². The molecule has 0 aromatic heterocycles. The summed E-state index contributed by atoms with van der Waals surface area (Å²) < 4.78 is 5.28. The average molecular weight is 396 g/mol. The molecule has 1 heterocycles. The first kappa shape index (κ1) is 19.7. The second-order valence-corrected chi connectivity index (χ2v) is 8.48. The van der Waals surface area contributed by atoms with Crippen molar-refractivity contribution in [3.63, 3.8) is 0 Å². The number of rotatable bonds is 5. The average Bonchev–Trinajstić information content (AvgIpc) is 2.94. The monoisotopic (exact) mass is 395 g/mol. The summed E-state index contributed by atoms with van der Waals surface area (Å²) in [5.41, 5.74) is 0.441. The van der Waals surface area contributed by atoms with Crippen LogP contribution in [0.2, 0.25) is 0 Å². The number of imide groups is 1. The lowest BCUT2D eigenvalue weighted by Crippen LogP contribution is -2.54. The first-order valence-electron chi connectivity index (χ1n) is 10.3. The molecule has 0 unspecified atom stereocenters. The summed E-state index contributed by atoms with van der Waals surface area (Å²) in [7, 11) is 3.60. The Morgan fingerprint density at radius 3 is 2.69 bits per heavy atom. The predicted octanol–water partition coefficient (Wildman–Crippen LogP) is 3.74. The quantitative estimate of drug-likeness (QED) is 0.784. The highest BCUT2D eigenvalue weighted by atomic mass is 16.5. The van der Waals surface area contributed by atoms with Gasteiger partial charge in [0.1, 0.15) is 11.3 Å². The Kier molecular flexibility index (Phi) is 5.21. The molecule has 2 atom stereocenters. The Morgan fingerprint density at radius 2 is 1.93 bits per heavy atom. The Hall–Kier alpha value is -2.60. The van der Waals surface area contributed by atoms with Crippen molar-refractivity contribution in [2.75, 3.05) is 20.8 Å². The Bertz CT molecular complexity index is 944. The van der Waals surface area contributed by atoms with Crippen LogP contribution >= 0.6 is 0 Å². The van der Waals surface area contributed by atoms with Crippen molar-refractivity contribution in [3.05, 3.63) is 42.0 Å². The SMILES string of the molecule is COc1ccc2cc(CN(C)CN3C(=O)N[C@]4(CCCC[C@@H]4C)C3=O)ccc2c1. The molecule has 2 fully saturated rings. The predicted molar refractivity (Wildman–Crippen MR) is 113 cm³/mol. The maximum atomic E-state index is 13.1. The van der Waals surface area contributed by atoms with Gasteiger partial charge in [-0.15, -0.1) is 0 Å². The van der Waals surface area contributed by atoms with Gasteiger partial charge < -0.3 is 10.1 Å². The molecule has 154 valence electrons. The van der Waals surface area contributed by atoms with Crippen molar-refractivity contribution in [3.8, 4) is 5.75 Å². The number of nitrogens with zero attached hydrogens (tertiary/aromatic N) is 2. The van der Waals surface area contributed by atoms with E-state index in [1.807, 2.05) is 30.1 Å². The van der Waals surface area contributed by atoms with E-state index in [-0.39, 0.29) is 17.9 Å². The van der Waals surface area contributed by atoms with E-state index in [4.69, 9.17) is 4.74 Å². The molecule has 2 aromatic rings. The number of fused-ring (bicyclic) bond motifs is 1. The third-order valence-corrected chi connectivity index (χ3v) is 6.45. The zero-order chi connectivity index (χ0) is 20.6. The van der Waals surface area contributed by atoms with Crippen molar-refractivity contribution in [2.24, 2.45) is 5.92 Å². The highest BCUT2D eigenvalue weighted by molar-refractivity contribution is 6.07. The second-order valence-electron chi connectivity index (χ2n) is 8.48. The number of ether oxygens (including phenoxy) is 1. The van der Waals surface area contributed by atoms with Gasteiger partial charge in [-0.05, 0) is 60.3 Å². The number of hydrogen-bond acceptors (Lipinski definition) is 4. The normalized spacial score (nSPS) is 24.6. The van der Waals surface area contributed by atoms with E-state index in [2.05, 4.69) is 30.4 Å². The van der Waals surface area contributed by atoms with E-state index in [0.29, 0.717) is 13.2 Å². The van der Waals surface area contributed by atoms with Crippen LogP contribution in [0, 0.1) is 5.92 Å². The van der Waals surface area contributed by atoms with E-state index < -0.39 is 5.54 Å². The van der Waals surface area contributed by atoms with Crippen molar-refractivity contribution in [1.82, 2.24) is 15.1 Å². The number of benzene rings is 2. The highest BCUT2D eigenvalue weighted by Crippen LogP contribution is 2.38. The van der Waals surface area contributed by atoms with Gasteiger partial charge in [-0.3, -0.25) is 9.69 Å². The number of methoxy groups -OCH3 is 1. The standard InChI is InChI=1S/C23H29N3O3/c1-16-6-4-5-11-23(16)21(27)26(22(28)24-23)15-25(2)14-17-7-8-19-13-20(29-3)10-9-18(19)12-17/h7-10,12-13,16H,4-6,11,14-15H2,1-3H3,(H,24,28)/t16-,23-/m0/s1. The molecule has 6 nitrogen and oxygen atoms in total. The fourth-order valence-electron chi connectivity index (χ4n) is 4.73. The number of amides is 3. The zero-order valence-corrected chi connectivity index (χ0v) is 17.4. The minimum atomic E-state index is -0.696. The van der Waals surface area contributed by atoms with Gasteiger partial charge in [0, 0.05) is 6.54 Å². The molecule has 1 N–H and O–H groups in total. The third kappa shape index (κ3) is 3.57. The fourth-order valence-corrected chi connectivity index (χ4v) is 4.73. The van der Waals surface area contributed by atoms with Gasteiger partial charge in [0.05, 0.1) is 13.8 Å². The summed E-state index contributed by atoms with van der Waals surface area (Å²) in [5.74, 6) is 0.958. The molecule has 1 spiro atoms. The van der Waals surface area contributed by atoms with Crippen LogP contribution in [-0.4, -0.2) is 48.1 Å². The van der Waals surface area contributed by atoms with Crippen molar-refractivity contribution >= 4 is 22.7 Å². The molecule has 4 rings (SSSR count). The number of hydrogen-bond donors (Lipinski definition) is 1. The zero-order valence-electron chi connectivity index (χ0n) is 17.4. The summed E-state index contributed by atoms with van der Waals surface area (Å²) in [6.07, 6.45) is 3.84. The molecule has 0 bridgehead atoms. The Balaban J connectivity index is 1.45. The van der Waals surface area contributed by atoms with Gasteiger partial charge in [0.25, 0.3) is 5.91 Å². The molecule has 29 heavy (non-hydrogen) atoms. The summed E-state index contributed by atoms with van der Waals surface area (Å²) in [6.45, 7) is 3.02. The number of carbonyl (C=O) groups excluding carboxylic acids is 2. The Morgan fingerprint density at radius 1 is 1.17 bits per heavy atom. The van der Waals surface area contributed by atoms with Crippen LogP contribution in [0.5, 0.6) is 5.75 Å². The summed E-state index contributed by atoms with van der Waals surface area (Å²) in [5, 5.41) is 5.29. The van der Waals surface area contributed by atoms with E-state index in [9.17, 15) is 9.59 Å².